The van der Waals surface area contributed by atoms with Crippen molar-refractivity contribution in [2.45, 2.75) is 25.8 Å². The number of carbonyl (C=O) groups is 1. The van der Waals surface area contributed by atoms with Gasteiger partial charge in [0.2, 0.25) is 5.91 Å². The Morgan fingerprint density at radius 2 is 2.14 bits per heavy atom. The number of rotatable bonds is 3. The molecule has 3 rings (SSSR count). The van der Waals surface area contributed by atoms with Crippen molar-refractivity contribution >= 4 is 50.7 Å². The maximum Gasteiger partial charge on any atom is 0.240 e. The number of fused-ring (bicyclic) bond motifs is 1. The summed E-state index contributed by atoms with van der Waals surface area (Å²) in [5.74, 6) is -0.173. The molecule has 0 bridgehead atoms. The average molecular weight is 327 g/mol. The van der Waals surface area contributed by atoms with Crippen molar-refractivity contribution in [2.75, 3.05) is 23.3 Å². The number of amides is 1. The van der Waals surface area contributed by atoms with Crippen LogP contribution in [0.15, 0.2) is 18.2 Å². The molecule has 1 fully saturated rings. The van der Waals surface area contributed by atoms with E-state index in [0.717, 1.165) is 34.1 Å². The Morgan fingerprint density at radius 1 is 1.43 bits per heavy atom. The van der Waals surface area contributed by atoms with Gasteiger partial charge < -0.3 is 16.0 Å². The zero-order valence-electron chi connectivity index (χ0n) is 11.8. The lowest BCUT2D eigenvalue weighted by Crippen LogP contribution is -2.32. The highest BCUT2D eigenvalue weighted by Crippen LogP contribution is 2.32. The summed E-state index contributed by atoms with van der Waals surface area (Å²) in [5, 5.41) is 3.89. The van der Waals surface area contributed by atoms with Crippen LogP contribution in [0.25, 0.3) is 10.2 Å². The zero-order valence-corrected chi connectivity index (χ0v) is 13.5. The van der Waals surface area contributed by atoms with Crippen molar-refractivity contribution in [1.82, 2.24) is 4.98 Å². The summed E-state index contributed by atoms with van der Waals surface area (Å²) in [6.07, 6.45) is 2.48. The summed E-state index contributed by atoms with van der Waals surface area (Å²) in [5.41, 5.74) is 7.31. The topological polar surface area (TPSA) is 71.2 Å². The summed E-state index contributed by atoms with van der Waals surface area (Å²) >= 11 is 1.68. The molecule has 5 nitrogen and oxygen atoms in total. The number of hydrogen-bond donors (Lipinski definition) is 2. The third kappa shape index (κ3) is 3.45. The van der Waals surface area contributed by atoms with E-state index in [-0.39, 0.29) is 18.3 Å². The van der Waals surface area contributed by atoms with Crippen LogP contribution in [-0.2, 0) is 4.79 Å². The molecule has 2 aromatic rings. The lowest BCUT2D eigenvalue weighted by Gasteiger charge is -2.11. The molecular formula is C14H19ClN4OS. The summed E-state index contributed by atoms with van der Waals surface area (Å²) in [7, 11) is 0. The molecule has 3 N–H and O–H groups in total. The number of anilines is 2. The van der Waals surface area contributed by atoms with Gasteiger partial charge in [-0.2, -0.15) is 0 Å². The van der Waals surface area contributed by atoms with Crippen LogP contribution >= 0.6 is 23.7 Å². The number of nitrogens with two attached hydrogens (primary N) is 1. The zero-order chi connectivity index (χ0) is 14.1. The maximum absolute atomic E-state index is 11.6. The molecule has 1 amide bonds. The normalized spacial score (nSPS) is 15.8. The van der Waals surface area contributed by atoms with Crippen LogP contribution in [0.3, 0.4) is 0 Å². The van der Waals surface area contributed by atoms with Crippen LogP contribution in [0.1, 0.15) is 19.8 Å². The Balaban J connectivity index is 0.00000161. The Bertz CT molecular complexity index is 637. The first-order valence-electron chi connectivity index (χ1n) is 6.85. The molecule has 1 aliphatic rings. The fraction of sp³-hybridized carbons (Fsp3) is 0.429. The van der Waals surface area contributed by atoms with E-state index in [1.807, 2.05) is 18.2 Å². The Hall–Kier alpha value is -1.37. The first kappa shape index (κ1) is 16.0. The molecule has 7 heteroatoms. The lowest BCUT2D eigenvalue weighted by atomic mass is 10.2. The number of thiazole rings is 1. The fourth-order valence-electron chi connectivity index (χ4n) is 2.29. The Morgan fingerprint density at radius 3 is 2.81 bits per heavy atom. The van der Waals surface area contributed by atoms with Crippen LogP contribution in [0, 0.1) is 0 Å². The van der Waals surface area contributed by atoms with Gasteiger partial charge in [0.15, 0.2) is 5.13 Å². The molecule has 0 radical (unpaired) electrons. The lowest BCUT2D eigenvalue weighted by molar-refractivity contribution is -0.117. The number of benzene rings is 1. The predicted molar refractivity (Wildman–Crippen MR) is 90.6 cm³/mol. The fourth-order valence-corrected chi connectivity index (χ4v) is 3.35. The first-order chi connectivity index (χ1) is 9.63. The van der Waals surface area contributed by atoms with Crippen molar-refractivity contribution in [2.24, 2.45) is 5.73 Å². The van der Waals surface area contributed by atoms with E-state index in [4.69, 9.17) is 5.73 Å². The van der Waals surface area contributed by atoms with Gasteiger partial charge in [-0.05, 0) is 38.0 Å². The average Bonchev–Trinajstić information content (AvgIpc) is 3.06. The second-order valence-electron chi connectivity index (χ2n) is 5.15. The molecule has 0 aliphatic carbocycles. The number of halogens is 1. The third-order valence-corrected chi connectivity index (χ3v) is 4.51. The van der Waals surface area contributed by atoms with Crippen LogP contribution < -0.4 is 16.0 Å². The van der Waals surface area contributed by atoms with E-state index >= 15 is 0 Å². The number of hydrogen-bond acceptors (Lipinski definition) is 5. The van der Waals surface area contributed by atoms with E-state index in [1.165, 1.54) is 12.8 Å². The summed E-state index contributed by atoms with van der Waals surface area (Å²) < 4.78 is 1.09. The van der Waals surface area contributed by atoms with E-state index in [9.17, 15) is 4.79 Å². The van der Waals surface area contributed by atoms with Crippen molar-refractivity contribution in [3.05, 3.63) is 18.2 Å². The van der Waals surface area contributed by atoms with Gasteiger partial charge in [0.05, 0.1) is 16.3 Å². The highest BCUT2D eigenvalue weighted by atomic mass is 35.5. The van der Waals surface area contributed by atoms with E-state index in [1.54, 1.807) is 18.3 Å². The summed E-state index contributed by atoms with van der Waals surface area (Å²) in [6, 6.07) is 5.28. The molecule has 1 aromatic carbocycles. The quantitative estimate of drug-likeness (QED) is 0.909. The van der Waals surface area contributed by atoms with Crippen molar-refractivity contribution < 1.29 is 4.79 Å². The second-order valence-corrected chi connectivity index (χ2v) is 6.16. The Kier molecular flexibility index (Phi) is 5.03. The first-order valence-corrected chi connectivity index (χ1v) is 7.67. The highest BCUT2D eigenvalue weighted by Gasteiger charge is 2.16. The van der Waals surface area contributed by atoms with Gasteiger partial charge in [-0.25, -0.2) is 4.98 Å². The van der Waals surface area contributed by atoms with Crippen LogP contribution in [0.2, 0.25) is 0 Å². The van der Waals surface area contributed by atoms with Crippen LogP contribution in [0.4, 0.5) is 10.8 Å². The van der Waals surface area contributed by atoms with Crippen molar-refractivity contribution in [3.63, 3.8) is 0 Å². The van der Waals surface area contributed by atoms with Crippen LogP contribution in [0.5, 0.6) is 0 Å². The maximum atomic E-state index is 11.6. The number of nitrogens with one attached hydrogen (secondary N) is 1. The van der Waals surface area contributed by atoms with Crippen LogP contribution in [-0.4, -0.2) is 30.0 Å². The highest BCUT2D eigenvalue weighted by molar-refractivity contribution is 7.22. The van der Waals surface area contributed by atoms with Crippen molar-refractivity contribution in [1.29, 1.82) is 0 Å². The van der Waals surface area contributed by atoms with E-state index < -0.39 is 6.04 Å². The SMILES string of the molecule is CC(N)C(=O)Nc1ccc2nc(N3CCCC3)sc2c1.Cl. The summed E-state index contributed by atoms with van der Waals surface area (Å²) in [6.45, 7) is 3.86. The molecule has 2 heterocycles. The van der Waals surface area contributed by atoms with Gasteiger partial charge in [0.25, 0.3) is 0 Å². The minimum absolute atomic E-state index is 0. The number of carbonyl (C=O) groups excluding carboxylic acids is 1. The third-order valence-electron chi connectivity index (χ3n) is 3.43. The van der Waals surface area contributed by atoms with Crippen molar-refractivity contribution in [3.8, 4) is 0 Å². The number of aromatic nitrogens is 1. The standard InChI is InChI=1S/C14H18N4OS.ClH/c1-9(15)13(19)16-10-4-5-11-12(8-10)20-14(17-11)18-6-2-3-7-18;/h4-5,8-9H,2-3,6-7,15H2,1H3,(H,16,19);1H. The number of nitrogens with zero attached hydrogens (tertiary/aromatic N) is 2. The molecule has 0 spiro atoms. The summed E-state index contributed by atoms with van der Waals surface area (Å²) in [4.78, 5) is 18.6. The molecule has 1 saturated heterocycles. The van der Waals surface area contributed by atoms with Gasteiger partial charge >= 0.3 is 0 Å². The van der Waals surface area contributed by atoms with Gasteiger partial charge in [-0.3, -0.25) is 4.79 Å². The van der Waals surface area contributed by atoms with Gasteiger partial charge in [-0.1, -0.05) is 11.3 Å². The Labute approximate surface area is 133 Å². The molecule has 114 valence electrons. The molecule has 1 unspecified atom stereocenters. The largest absolute Gasteiger partial charge is 0.348 e. The molecule has 1 aromatic heterocycles. The minimum atomic E-state index is -0.507. The molecule has 21 heavy (non-hydrogen) atoms. The smallest absolute Gasteiger partial charge is 0.240 e. The molecule has 1 aliphatic heterocycles. The molecular weight excluding hydrogens is 308 g/mol. The predicted octanol–water partition coefficient (Wildman–Crippen LogP) is 2.60. The molecule has 1 atom stereocenters. The minimum Gasteiger partial charge on any atom is -0.348 e. The molecule has 0 saturated carbocycles. The van der Waals surface area contributed by atoms with E-state index in [2.05, 4.69) is 15.2 Å². The van der Waals surface area contributed by atoms with Gasteiger partial charge in [0, 0.05) is 18.8 Å². The van der Waals surface area contributed by atoms with Gasteiger partial charge in [-0.15, -0.1) is 12.4 Å². The second kappa shape index (κ2) is 6.60. The monoisotopic (exact) mass is 326 g/mol. The van der Waals surface area contributed by atoms with E-state index in [0.29, 0.717) is 0 Å². The van der Waals surface area contributed by atoms with Gasteiger partial charge in [0.1, 0.15) is 0 Å².